The van der Waals surface area contributed by atoms with Gasteiger partial charge in [-0.15, -0.1) is 0 Å². The quantitative estimate of drug-likeness (QED) is 0.705. The summed E-state index contributed by atoms with van der Waals surface area (Å²) < 4.78 is 0. The van der Waals surface area contributed by atoms with E-state index >= 15 is 0 Å². The van der Waals surface area contributed by atoms with Crippen LogP contribution in [0.15, 0.2) is 30.9 Å². The van der Waals surface area contributed by atoms with Crippen LogP contribution >= 0.6 is 0 Å². The number of nitrogens with one attached hydrogen (secondary N) is 2. The van der Waals surface area contributed by atoms with Crippen LogP contribution in [0.1, 0.15) is 5.56 Å². The number of hydrogen-bond donors (Lipinski definition) is 3. The molecule has 0 atom stereocenters. The zero-order chi connectivity index (χ0) is 12.8. The zero-order valence-corrected chi connectivity index (χ0v) is 10.3. The van der Waals surface area contributed by atoms with E-state index in [1.807, 2.05) is 36.5 Å². The summed E-state index contributed by atoms with van der Waals surface area (Å²) in [7, 11) is 1.88. The molecule has 0 bridgehead atoms. The second kappa shape index (κ2) is 6.02. The van der Waals surface area contributed by atoms with Gasteiger partial charge in [-0.3, -0.25) is 0 Å². The molecule has 0 aliphatic heterocycles. The molecule has 0 aromatic carbocycles. The van der Waals surface area contributed by atoms with Gasteiger partial charge in [-0.2, -0.15) is 0 Å². The van der Waals surface area contributed by atoms with Crippen LogP contribution in [0.25, 0.3) is 0 Å². The van der Waals surface area contributed by atoms with E-state index in [1.54, 1.807) is 0 Å². The smallest absolute Gasteiger partial charge is 0.133 e. The number of aromatic amines is 1. The molecule has 6 heteroatoms. The van der Waals surface area contributed by atoms with Crippen molar-refractivity contribution >= 4 is 11.6 Å². The predicted octanol–water partition coefficient (Wildman–Crippen LogP) is 0.845. The van der Waals surface area contributed by atoms with Crippen molar-refractivity contribution in [3.8, 4) is 0 Å². The average molecular weight is 247 g/mol. The Hall–Kier alpha value is -2.08. The maximum absolute atomic E-state index is 8.89. The van der Waals surface area contributed by atoms with Gasteiger partial charge in [-0.1, -0.05) is 0 Å². The van der Waals surface area contributed by atoms with Gasteiger partial charge in [0.15, 0.2) is 0 Å². The molecule has 0 amide bonds. The van der Waals surface area contributed by atoms with Gasteiger partial charge in [0, 0.05) is 38.6 Å². The number of rotatable bonds is 6. The van der Waals surface area contributed by atoms with Crippen LogP contribution in [0.3, 0.4) is 0 Å². The van der Waals surface area contributed by atoms with E-state index in [4.69, 9.17) is 5.11 Å². The number of H-pyrrole nitrogens is 1. The van der Waals surface area contributed by atoms with Crippen molar-refractivity contribution in [2.45, 2.75) is 6.54 Å². The van der Waals surface area contributed by atoms with Crippen molar-refractivity contribution in [1.29, 1.82) is 0 Å². The lowest BCUT2D eigenvalue weighted by Gasteiger charge is -2.16. The first-order valence-corrected chi connectivity index (χ1v) is 5.79. The Labute approximate surface area is 106 Å². The Morgan fingerprint density at radius 1 is 1.44 bits per heavy atom. The fourth-order valence-corrected chi connectivity index (χ4v) is 1.58. The molecule has 0 aliphatic rings. The lowest BCUT2D eigenvalue weighted by molar-refractivity contribution is 0.304. The second-order valence-corrected chi connectivity index (χ2v) is 3.98. The Morgan fingerprint density at radius 2 is 2.33 bits per heavy atom. The number of aliphatic hydroxyl groups is 1. The first-order chi connectivity index (χ1) is 8.79. The zero-order valence-electron chi connectivity index (χ0n) is 10.3. The normalized spacial score (nSPS) is 10.3. The molecular weight excluding hydrogens is 230 g/mol. The van der Waals surface area contributed by atoms with E-state index in [9.17, 15) is 0 Å². The van der Waals surface area contributed by atoms with Crippen LogP contribution in [0, 0.1) is 0 Å². The van der Waals surface area contributed by atoms with E-state index in [1.165, 1.54) is 11.9 Å². The fraction of sp³-hybridized carbons (Fsp3) is 0.333. The van der Waals surface area contributed by atoms with Gasteiger partial charge < -0.3 is 20.3 Å². The summed E-state index contributed by atoms with van der Waals surface area (Å²) in [6, 6.07) is 3.87. The Bertz CT molecular complexity index is 471. The number of aromatic nitrogens is 3. The molecule has 96 valence electrons. The van der Waals surface area contributed by atoms with Crippen LogP contribution in [0.4, 0.5) is 11.6 Å². The van der Waals surface area contributed by atoms with Crippen molar-refractivity contribution in [2.24, 2.45) is 0 Å². The van der Waals surface area contributed by atoms with Gasteiger partial charge in [0.05, 0.1) is 6.61 Å². The van der Waals surface area contributed by atoms with Crippen LogP contribution in [-0.4, -0.2) is 40.3 Å². The summed E-state index contributed by atoms with van der Waals surface area (Å²) >= 11 is 0. The van der Waals surface area contributed by atoms with E-state index < -0.39 is 0 Å². The summed E-state index contributed by atoms with van der Waals surface area (Å²) in [5.74, 6) is 1.56. The van der Waals surface area contributed by atoms with E-state index in [-0.39, 0.29) is 6.61 Å². The third-order valence-electron chi connectivity index (χ3n) is 2.62. The van der Waals surface area contributed by atoms with Gasteiger partial charge in [0.2, 0.25) is 0 Å². The van der Waals surface area contributed by atoms with E-state index in [0.717, 1.165) is 11.6 Å². The molecule has 3 N–H and O–H groups in total. The Morgan fingerprint density at radius 3 is 3.06 bits per heavy atom. The molecule has 0 aliphatic carbocycles. The highest BCUT2D eigenvalue weighted by atomic mass is 16.3. The van der Waals surface area contributed by atoms with Crippen molar-refractivity contribution in [1.82, 2.24) is 15.0 Å². The van der Waals surface area contributed by atoms with E-state index in [0.29, 0.717) is 13.1 Å². The molecule has 2 aromatic heterocycles. The first kappa shape index (κ1) is 12.4. The summed E-state index contributed by atoms with van der Waals surface area (Å²) in [5, 5.41) is 12.1. The van der Waals surface area contributed by atoms with Gasteiger partial charge in [0.1, 0.15) is 18.0 Å². The molecule has 2 aromatic rings. The van der Waals surface area contributed by atoms with Gasteiger partial charge in [0.25, 0.3) is 0 Å². The van der Waals surface area contributed by atoms with Crippen molar-refractivity contribution in [2.75, 3.05) is 30.4 Å². The van der Waals surface area contributed by atoms with Gasteiger partial charge in [-0.25, -0.2) is 9.97 Å². The third-order valence-corrected chi connectivity index (χ3v) is 2.62. The molecule has 0 saturated carbocycles. The molecule has 0 unspecified atom stereocenters. The van der Waals surface area contributed by atoms with Gasteiger partial charge in [-0.05, 0) is 11.6 Å². The molecule has 6 nitrogen and oxygen atoms in total. The molecule has 2 rings (SSSR count). The summed E-state index contributed by atoms with van der Waals surface area (Å²) in [5.41, 5.74) is 1.17. The average Bonchev–Trinajstić information content (AvgIpc) is 2.90. The van der Waals surface area contributed by atoms with Crippen molar-refractivity contribution in [3.63, 3.8) is 0 Å². The minimum Gasteiger partial charge on any atom is -0.395 e. The molecule has 2 heterocycles. The van der Waals surface area contributed by atoms with Crippen molar-refractivity contribution in [3.05, 3.63) is 36.4 Å². The van der Waals surface area contributed by atoms with Crippen LogP contribution in [-0.2, 0) is 6.54 Å². The molecule has 0 spiro atoms. The highest BCUT2D eigenvalue weighted by Crippen LogP contribution is 2.13. The number of nitrogens with zero attached hydrogens (tertiary/aromatic N) is 3. The second-order valence-electron chi connectivity index (χ2n) is 3.98. The lowest BCUT2D eigenvalue weighted by Crippen LogP contribution is -2.22. The van der Waals surface area contributed by atoms with Crippen LogP contribution < -0.4 is 10.2 Å². The summed E-state index contributed by atoms with van der Waals surface area (Å²) in [6.45, 7) is 1.37. The molecule has 0 radical (unpaired) electrons. The van der Waals surface area contributed by atoms with E-state index in [2.05, 4.69) is 20.3 Å². The maximum atomic E-state index is 8.89. The highest BCUT2D eigenvalue weighted by Gasteiger charge is 2.03. The minimum absolute atomic E-state index is 0.104. The third kappa shape index (κ3) is 3.21. The number of aliphatic hydroxyl groups excluding tert-OH is 1. The lowest BCUT2D eigenvalue weighted by atomic mass is 10.3. The van der Waals surface area contributed by atoms with Crippen LogP contribution in [0.5, 0.6) is 0 Å². The number of hydrogen-bond acceptors (Lipinski definition) is 5. The Kier molecular flexibility index (Phi) is 4.14. The standard InChI is InChI=1S/C12H17N5O/c1-17(4-5-18)12-6-11(15-9-16-12)14-8-10-2-3-13-7-10/h2-3,6-7,9,13,18H,4-5,8H2,1H3,(H,14,15,16). The summed E-state index contributed by atoms with van der Waals surface area (Å²) in [4.78, 5) is 13.2. The molecule has 0 fully saturated rings. The number of anilines is 2. The fourth-order valence-electron chi connectivity index (χ4n) is 1.58. The number of likely N-dealkylation sites (N-methyl/N-ethyl adjacent to an activating group) is 1. The largest absolute Gasteiger partial charge is 0.395 e. The van der Waals surface area contributed by atoms with Crippen LogP contribution in [0.2, 0.25) is 0 Å². The summed E-state index contributed by atoms with van der Waals surface area (Å²) in [6.07, 6.45) is 5.34. The monoisotopic (exact) mass is 247 g/mol. The molecule has 18 heavy (non-hydrogen) atoms. The molecule has 0 saturated heterocycles. The molecular formula is C12H17N5O. The van der Waals surface area contributed by atoms with Gasteiger partial charge >= 0.3 is 0 Å². The topological polar surface area (TPSA) is 77.1 Å². The first-order valence-electron chi connectivity index (χ1n) is 5.79. The van der Waals surface area contributed by atoms with Crippen molar-refractivity contribution < 1.29 is 5.11 Å². The highest BCUT2D eigenvalue weighted by molar-refractivity contribution is 5.48. The Balaban J connectivity index is 1.98. The SMILES string of the molecule is CN(CCO)c1cc(NCc2cc[nH]c2)ncn1. The predicted molar refractivity (Wildman–Crippen MR) is 70.5 cm³/mol. The minimum atomic E-state index is 0.104. The maximum Gasteiger partial charge on any atom is 0.133 e.